The van der Waals surface area contributed by atoms with Crippen LogP contribution in [0, 0.1) is 12.8 Å². The highest BCUT2D eigenvalue weighted by Crippen LogP contribution is 2.23. The Hall–Kier alpha value is -1.02. The average molecular weight is 247 g/mol. The van der Waals surface area contributed by atoms with Crippen LogP contribution in [0.25, 0.3) is 0 Å². The summed E-state index contributed by atoms with van der Waals surface area (Å²) in [7, 11) is 0. The van der Waals surface area contributed by atoms with Gasteiger partial charge >= 0.3 is 0 Å². The predicted molar refractivity (Wildman–Crippen MR) is 76.1 cm³/mol. The lowest BCUT2D eigenvalue weighted by Crippen LogP contribution is -2.36. The molecule has 1 fully saturated rings. The van der Waals surface area contributed by atoms with Crippen LogP contribution in [0.3, 0.4) is 0 Å². The summed E-state index contributed by atoms with van der Waals surface area (Å²) >= 11 is 0. The maximum Gasteiger partial charge on any atom is 0.119 e. The van der Waals surface area contributed by atoms with Gasteiger partial charge in [-0.1, -0.05) is 31.9 Å². The van der Waals surface area contributed by atoms with Crippen LogP contribution in [0.2, 0.25) is 0 Å². The van der Waals surface area contributed by atoms with Crippen LogP contribution in [0.15, 0.2) is 24.3 Å². The van der Waals surface area contributed by atoms with E-state index < -0.39 is 0 Å². The van der Waals surface area contributed by atoms with E-state index in [2.05, 4.69) is 31.3 Å². The van der Waals surface area contributed by atoms with Crippen molar-refractivity contribution in [1.29, 1.82) is 0 Å². The molecule has 0 saturated heterocycles. The van der Waals surface area contributed by atoms with Crippen LogP contribution in [-0.4, -0.2) is 19.2 Å². The van der Waals surface area contributed by atoms with Crippen molar-refractivity contribution in [2.75, 3.05) is 13.2 Å². The summed E-state index contributed by atoms with van der Waals surface area (Å²) < 4.78 is 5.74. The van der Waals surface area contributed by atoms with Gasteiger partial charge < -0.3 is 10.1 Å². The molecule has 2 rings (SSSR count). The Bertz CT molecular complexity index is 364. The summed E-state index contributed by atoms with van der Waals surface area (Å²) in [6.45, 7) is 6.16. The highest BCUT2D eigenvalue weighted by atomic mass is 16.5. The van der Waals surface area contributed by atoms with Gasteiger partial charge in [-0.3, -0.25) is 0 Å². The molecule has 1 aromatic rings. The summed E-state index contributed by atoms with van der Waals surface area (Å²) in [4.78, 5) is 0. The van der Waals surface area contributed by atoms with Crippen LogP contribution in [-0.2, 0) is 0 Å². The molecule has 0 aromatic heterocycles. The summed E-state index contributed by atoms with van der Waals surface area (Å²) in [5.74, 6) is 1.86. The summed E-state index contributed by atoms with van der Waals surface area (Å²) in [6, 6.07) is 8.95. The van der Waals surface area contributed by atoms with Crippen LogP contribution in [0.5, 0.6) is 5.75 Å². The molecular formula is C16H25NO. The van der Waals surface area contributed by atoms with Gasteiger partial charge in [0, 0.05) is 12.6 Å². The van der Waals surface area contributed by atoms with Crippen molar-refractivity contribution >= 4 is 0 Å². The standard InChI is InChI=1S/C16H25NO/c1-13-5-3-7-15(11-13)17-9-10-18-16-8-4-6-14(2)12-16/h4,6,8,12-13,15,17H,3,5,7,9-11H2,1-2H3. The Kier molecular flexibility index (Phi) is 5.06. The molecule has 18 heavy (non-hydrogen) atoms. The van der Waals surface area contributed by atoms with Gasteiger partial charge in [0.25, 0.3) is 0 Å². The zero-order chi connectivity index (χ0) is 12.8. The van der Waals surface area contributed by atoms with E-state index in [0.29, 0.717) is 6.04 Å². The number of rotatable bonds is 5. The summed E-state index contributed by atoms with van der Waals surface area (Å²) in [5.41, 5.74) is 1.25. The molecule has 2 atom stereocenters. The maximum atomic E-state index is 5.74. The number of nitrogens with one attached hydrogen (secondary N) is 1. The molecule has 2 heteroatoms. The van der Waals surface area contributed by atoms with Crippen molar-refractivity contribution in [3.05, 3.63) is 29.8 Å². The molecule has 1 aliphatic carbocycles. The monoisotopic (exact) mass is 247 g/mol. The number of ether oxygens (including phenoxy) is 1. The summed E-state index contributed by atoms with van der Waals surface area (Å²) in [6.07, 6.45) is 5.43. The number of aryl methyl sites for hydroxylation is 1. The third kappa shape index (κ3) is 4.34. The molecule has 2 unspecified atom stereocenters. The Balaban J connectivity index is 1.64. The van der Waals surface area contributed by atoms with Gasteiger partial charge in [-0.15, -0.1) is 0 Å². The Morgan fingerprint density at radius 2 is 2.22 bits per heavy atom. The summed E-state index contributed by atoms with van der Waals surface area (Å²) in [5, 5.41) is 3.61. The largest absolute Gasteiger partial charge is 0.492 e. The molecule has 0 aliphatic heterocycles. The van der Waals surface area contributed by atoms with E-state index in [4.69, 9.17) is 4.74 Å². The fourth-order valence-corrected chi connectivity index (χ4v) is 2.76. The Morgan fingerprint density at radius 1 is 1.33 bits per heavy atom. The third-order valence-electron chi connectivity index (χ3n) is 3.73. The number of hydrogen-bond donors (Lipinski definition) is 1. The van der Waals surface area contributed by atoms with E-state index in [1.807, 2.05) is 12.1 Å². The molecule has 100 valence electrons. The van der Waals surface area contributed by atoms with Gasteiger partial charge in [-0.25, -0.2) is 0 Å². The van der Waals surface area contributed by atoms with Crippen molar-refractivity contribution in [2.24, 2.45) is 5.92 Å². The number of benzene rings is 1. The maximum absolute atomic E-state index is 5.74. The minimum Gasteiger partial charge on any atom is -0.492 e. The zero-order valence-electron chi connectivity index (χ0n) is 11.6. The first-order valence-corrected chi connectivity index (χ1v) is 7.17. The van der Waals surface area contributed by atoms with Crippen molar-refractivity contribution in [2.45, 2.75) is 45.6 Å². The van der Waals surface area contributed by atoms with Crippen molar-refractivity contribution in [3.63, 3.8) is 0 Å². The SMILES string of the molecule is Cc1cccc(OCCNC2CCCC(C)C2)c1. The van der Waals surface area contributed by atoms with Gasteiger partial charge in [0.05, 0.1) is 0 Å². The lowest BCUT2D eigenvalue weighted by Gasteiger charge is -2.27. The second-order valence-electron chi connectivity index (χ2n) is 5.59. The average Bonchev–Trinajstić information content (AvgIpc) is 2.35. The van der Waals surface area contributed by atoms with Crippen LogP contribution < -0.4 is 10.1 Å². The molecule has 0 amide bonds. The molecule has 2 nitrogen and oxygen atoms in total. The lowest BCUT2D eigenvalue weighted by atomic mass is 9.87. The lowest BCUT2D eigenvalue weighted by molar-refractivity contribution is 0.266. The quantitative estimate of drug-likeness (QED) is 0.804. The highest BCUT2D eigenvalue weighted by Gasteiger charge is 2.17. The van der Waals surface area contributed by atoms with Crippen LogP contribution in [0.1, 0.15) is 38.2 Å². The van der Waals surface area contributed by atoms with E-state index in [-0.39, 0.29) is 0 Å². The fraction of sp³-hybridized carbons (Fsp3) is 0.625. The molecule has 1 aromatic carbocycles. The second kappa shape index (κ2) is 6.79. The Labute approximate surface area is 111 Å². The fourth-order valence-electron chi connectivity index (χ4n) is 2.76. The topological polar surface area (TPSA) is 21.3 Å². The van der Waals surface area contributed by atoms with Gasteiger partial charge in [0.15, 0.2) is 0 Å². The van der Waals surface area contributed by atoms with Gasteiger partial charge in [0.1, 0.15) is 12.4 Å². The molecule has 1 saturated carbocycles. The van der Waals surface area contributed by atoms with E-state index in [1.165, 1.54) is 31.2 Å². The molecule has 0 heterocycles. The van der Waals surface area contributed by atoms with Crippen molar-refractivity contribution < 1.29 is 4.74 Å². The molecule has 1 aliphatic rings. The molecule has 1 N–H and O–H groups in total. The van der Waals surface area contributed by atoms with Gasteiger partial charge in [-0.2, -0.15) is 0 Å². The number of hydrogen-bond acceptors (Lipinski definition) is 2. The first kappa shape index (κ1) is 13.4. The van der Waals surface area contributed by atoms with Crippen molar-refractivity contribution in [1.82, 2.24) is 5.32 Å². The van der Waals surface area contributed by atoms with Gasteiger partial charge in [0.2, 0.25) is 0 Å². The minimum absolute atomic E-state index is 0.704. The van der Waals surface area contributed by atoms with Gasteiger partial charge in [-0.05, 0) is 43.4 Å². The van der Waals surface area contributed by atoms with E-state index in [9.17, 15) is 0 Å². The highest BCUT2D eigenvalue weighted by molar-refractivity contribution is 5.27. The van der Waals surface area contributed by atoms with Crippen LogP contribution >= 0.6 is 0 Å². The molecule has 0 bridgehead atoms. The van der Waals surface area contributed by atoms with E-state index in [0.717, 1.165) is 24.8 Å². The second-order valence-corrected chi connectivity index (χ2v) is 5.59. The minimum atomic E-state index is 0.704. The van der Waals surface area contributed by atoms with Crippen molar-refractivity contribution in [3.8, 4) is 5.75 Å². The Morgan fingerprint density at radius 3 is 3.00 bits per heavy atom. The van der Waals surface area contributed by atoms with E-state index >= 15 is 0 Å². The first-order chi connectivity index (χ1) is 8.74. The normalized spacial score (nSPS) is 23.9. The smallest absolute Gasteiger partial charge is 0.119 e. The zero-order valence-corrected chi connectivity index (χ0v) is 11.6. The molecule has 0 radical (unpaired) electrons. The van der Waals surface area contributed by atoms with E-state index in [1.54, 1.807) is 0 Å². The third-order valence-corrected chi connectivity index (χ3v) is 3.73. The van der Waals surface area contributed by atoms with Crippen LogP contribution in [0.4, 0.5) is 0 Å². The molecular weight excluding hydrogens is 222 g/mol. The first-order valence-electron chi connectivity index (χ1n) is 7.17. The molecule has 0 spiro atoms. The predicted octanol–water partition coefficient (Wildman–Crippen LogP) is 3.54.